The molecule has 1 fully saturated rings. The second-order valence-corrected chi connectivity index (χ2v) is 6.62. The van der Waals surface area contributed by atoms with Gasteiger partial charge in [0.15, 0.2) is 0 Å². The highest BCUT2D eigenvalue weighted by Gasteiger charge is 2.18. The number of amides is 1. The van der Waals surface area contributed by atoms with Gasteiger partial charge in [-0.3, -0.25) is 9.69 Å². The molecule has 26 heavy (non-hydrogen) atoms. The van der Waals surface area contributed by atoms with Crippen LogP contribution < -0.4 is 10.2 Å². The highest BCUT2D eigenvalue weighted by Crippen LogP contribution is 2.19. The van der Waals surface area contributed by atoms with Crippen LogP contribution >= 0.6 is 0 Å². The Hall–Kier alpha value is -2.40. The molecular formula is C21H26FN3O. The smallest absolute Gasteiger partial charge is 0.220 e. The molecule has 2 aromatic carbocycles. The van der Waals surface area contributed by atoms with Gasteiger partial charge in [-0.1, -0.05) is 42.5 Å². The largest absolute Gasteiger partial charge is 0.367 e. The zero-order valence-electron chi connectivity index (χ0n) is 15.0. The fraction of sp³-hybridized carbons (Fsp3) is 0.381. The fourth-order valence-corrected chi connectivity index (χ4v) is 3.26. The van der Waals surface area contributed by atoms with Crippen LogP contribution in [0.1, 0.15) is 12.0 Å². The van der Waals surface area contributed by atoms with E-state index >= 15 is 0 Å². The number of hydrogen-bond donors (Lipinski definition) is 1. The summed E-state index contributed by atoms with van der Waals surface area (Å²) in [5.41, 5.74) is 1.87. The Morgan fingerprint density at radius 3 is 2.38 bits per heavy atom. The number of hydrogen-bond acceptors (Lipinski definition) is 3. The highest BCUT2D eigenvalue weighted by molar-refractivity contribution is 5.76. The lowest BCUT2D eigenvalue weighted by atomic mass is 10.1. The first-order chi connectivity index (χ1) is 12.7. The molecule has 1 heterocycles. The first-order valence-corrected chi connectivity index (χ1v) is 9.25. The zero-order valence-corrected chi connectivity index (χ0v) is 15.0. The van der Waals surface area contributed by atoms with Crippen LogP contribution in [0.15, 0.2) is 54.6 Å². The highest BCUT2D eigenvalue weighted by atomic mass is 19.1. The maximum atomic E-state index is 13.9. The molecule has 0 radical (unpaired) electrons. The predicted octanol–water partition coefficient (Wildman–Crippen LogP) is 2.70. The summed E-state index contributed by atoms with van der Waals surface area (Å²) in [6.07, 6.45) is 1.29. The number of para-hydroxylation sites is 1. The van der Waals surface area contributed by atoms with Gasteiger partial charge < -0.3 is 10.2 Å². The minimum Gasteiger partial charge on any atom is -0.367 e. The molecule has 2 aromatic rings. The second-order valence-electron chi connectivity index (χ2n) is 6.62. The minimum absolute atomic E-state index is 0.0962. The molecule has 0 aliphatic carbocycles. The first kappa shape index (κ1) is 18.4. The third-order valence-electron chi connectivity index (χ3n) is 4.80. The Bertz CT molecular complexity index is 699. The Morgan fingerprint density at radius 1 is 0.962 bits per heavy atom. The number of nitrogens with one attached hydrogen (secondary N) is 1. The van der Waals surface area contributed by atoms with Crippen LogP contribution in [-0.2, 0) is 11.2 Å². The number of nitrogens with zero attached hydrogens (tertiary/aromatic N) is 2. The number of piperazine rings is 1. The lowest BCUT2D eigenvalue weighted by molar-refractivity contribution is -0.121. The van der Waals surface area contributed by atoms with E-state index in [1.807, 2.05) is 42.5 Å². The van der Waals surface area contributed by atoms with E-state index in [1.165, 1.54) is 11.6 Å². The molecule has 3 rings (SSSR count). The Kier molecular flexibility index (Phi) is 6.61. The molecule has 0 saturated carbocycles. The van der Waals surface area contributed by atoms with Gasteiger partial charge in [-0.15, -0.1) is 0 Å². The Labute approximate surface area is 154 Å². The monoisotopic (exact) mass is 355 g/mol. The predicted molar refractivity (Wildman–Crippen MR) is 103 cm³/mol. The summed E-state index contributed by atoms with van der Waals surface area (Å²) < 4.78 is 13.9. The van der Waals surface area contributed by atoms with E-state index in [9.17, 15) is 9.18 Å². The van der Waals surface area contributed by atoms with Crippen LogP contribution in [0.4, 0.5) is 10.1 Å². The van der Waals surface area contributed by atoms with Crippen molar-refractivity contribution in [2.75, 3.05) is 44.2 Å². The summed E-state index contributed by atoms with van der Waals surface area (Å²) in [5.74, 6) is -0.0644. The second kappa shape index (κ2) is 9.34. The average Bonchev–Trinajstić information content (AvgIpc) is 2.68. The van der Waals surface area contributed by atoms with Crippen LogP contribution in [0.5, 0.6) is 0 Å². The fourth-order valence-electron chi connectivity index (χ4n) is 3.26. The molecule has 0 aromatic heterocycles. The van der Waals surface area contributed by atoms with E-state index in [4.69, 9.17) is 0 Å². The van der Waals surface area contributed by atoms with E-state index in [2.05, 4.69) is 15.1 Å². The van der Waals surface area contributed by atoms with Crippen molar-refractivity contribution in [3.8, 4) is 0 Å². The quantitative estimate of drug-likeness (QED) is 0.829. The van der Waals surface area contributed by atoms with Gasteiger partial charge in [0, 0.05) is 45.7 Å². The Balaban J connectivity index is 1.32. The van der Waals surface area contributed by atoms with E-state index < -0.39 is 0 Å². The van der Waals surface area contributed by atoms with E-state index in [1.54, 1.807) is 6.07 Å². The standard InChI is InChI=1S/C21H26FN3O/c22-19-8-4-5-9-20(19)25-16-14-24(15-17-25)13-12-23-21(26)11-10-18-6-2-1-3-7-18/h1-9H,10-17H2,(H,23,26). The van der Waals surface area contributed by atoms with Gasteiger partial charge in [-0.2, -0.15) is 0 Å². The number of benzene rings is 2. The van der Waals surface area contributed by atoms with E-state index in [-0.39, 0.29) is 11.7 Å². The minimum atomic E-state index is -0.161. The molecule has 138 valence electrons. The number of carbonyl (C=O) groups is 1. The van der Waals surface area contributed by atoms with Crippen LogP contribution in [0, 0.1) is 5.82 Å². The van der Waals surface area contributed by atoms with Gasteiger partial charge in [0.1, 0.15) is 5.82 Å². The maximum absolute atomic E-state index is 13.9. The van der Waals surface area contributed by atoms with E-state index in [0.29, 0.717) is 18.7 Å². The molecule has 1 aliphatic rings. The molecule has 1 amide bonds. The molecule has 4 nitrogen and oxygen atoms in total. The summed E-state index contributed by atoms with van der Waals surface area (Å²) in [7, 11) is 0. The van der Waals surface area contributed by atoms with Crippen LogP contribution in [-0.4, -0.2) is 50.1 Å². The van der Waals surface area contributed by atoms with Crippen molar-refractivity contribution < 1.29 is 9.18 Å². The number of anilines is 1. The molecule has 0 spiro atoms. The Morgan fingerprint density at radius 2 is 1.65 bits per heavy atom. The number of halogens is 1. The molecule has 0 atom stereocenters. The third-order valence-corrected chi connectivity index (χ3v) is 4.80. The van der Waals surface area contributed by atoms with Crippen molar-refractivity contribution in [1.29, 1.82) is 0 Å². The lowest BCUT2D eigenvalue weighted by Crippen LogP contribution is -2.48. The van der Waals surface area contributed by atoms with Crippen LogP contribution in [0.3, 0.4) is 0 Å². The van der Waals surface area contributed by atoms with Gasteiger partial charge in [0.25, 0.3) is 0 Å². The molecule has 1 N–H and O–H groups in total. The molecule has 0 unspecified atom stereocenters. The molecule has 1 saturated heterocycles. The van der Waals surface area contributed by atoms with Gasteiger partial charge in [0.05, 0.1) is 5.69 Å². The van der Waals surface area contributed by atoms with Crippen molar-refractivity contribution in [3.63, 3.8) is 0 Å². The van der Waals surface area contributed by atoms with Gasteiger partial charge >= 0.3 is 0 Å². The summed E-state index contributed by atoms with van der Waals surface area (Å²) in [4.78, 5) is 16.4. The van der Waals surface area contributed by atoms with Crippen molar-refractivity contribution in [2.45, 2.75) is 12.8 Å². The van der Waals surface area contributed by atoms with Crippen LogP contribution in [0.2, 0.25) is 0 Å². The third kappa shape index (κ3) is 5.30. The maximum Gasteiger partial charge on any atom is 0.220 e. The molecule has 1 aliphatic heterocycles. The van der Waals surface area contributed by atoms with Crippen molar-refractivity contribution in [3.05, 3.63) is 66.0 Å². The molecular weight excluding hydrogens is 329 g/mol. The normalized spacial score (nSPS) is 15.0. The number of rotatable bonds is 7. The van der Waals surface area contributed by atoms with Gasteiger partial charge in [-0.05, 0) is 24.1 Å². The van der Waals surface area contributed by atoms with Crippen molar-refractivity contribution >= 4 is 11.6 Å². The first-order valence-electron chi connectivity index (χ1n) is 9.25. The van der Waals surface area contributed by atoms with E-state index in [0.717, 1.165) is 39.1 Å². The van der Waals surface area contributed by atoms with Gasteiger partial charge in [-0.25, -0.2) is 4.39 Å². The summed E-state index contributed by atoms with van der Waals surface area (Å²) in [6.45, 7) is 4.88. The topological polar surface area (TPSA) is 35.6 Å². The average molecular weight is 355 g/mol. The molecule has 0 bridgehead atoms. The number of carbonyl (C=O) groups excluding carboxylic acids is 1. The lowest BCUT2D eigenvalue weighted by Gasteiger charge is -2.36. The zero-order chi connectivity index (χ0) is 18.2. The van der Waals surface area contributed by atoms with Crippen molar-refractivity contribution in [1.82, 2.24) is 10.2 Å². The van der Waals surface area contributed by atoms with Gasteiger partial charge in [0.2, 0.25) is 5.91 Å². The summed E-state index contributed by atoms with van der Waals surface area (Å²) in [6, 6.07) is 17.0. The summed E-state index contributed by atoms with van der Waals surface area (Å²) >= 11 is 0. The number of aryl methyl sites for hydroxylation is 1. The van der Waals surface area contributed by atoms with Crippen LogP contribution in [0.25, 0.3) is 0 Å². The summed E-state index contributed by atoms with van der Waals surface area (Å²) in [5, 5.41) is 3.00. The van der Waals surface area contributed by atoms with Crippen molar-refractivity contribution in [2.24, 2.45) is 0 Å². The SMILES string of the molecule is O=C(CCc1ccccc1)NCCN1CCN(c2ccccc2F)CC1. The molecule has 5 heteroatoms.